The number of benzene rings is 1. The van der Waals surface area contributed by atoms with Gasteiger partial charge in [0.2, 0.25) is 0 Å². The normalized spacial score (nSPS) is 14.5. The highest BCUT2D eigenvalue weighted by Crippen LogP contribution is 2.47. The van der Waals surface area contributed by atoms with Crippen molar-refractivity contribution in [2.24, 2.45) is 0 Å². The van der Waals surface area contributed by atoms with E-state index in [2.05, 4.69) is 4.98 Å². The van der Waals surface area contributed by atoms with E-state index in [1.807, 2.05) is 6.07 Å². The first-order valence-corrected chi connectivity index (χ1v) is 7.63. The maximum Gasteiger partial charge on any atom is 0.259 e. The Bertz CT molecular complexity index is 541. The van der Waals surface area contributed by atoms with Crippen LogP contribution in [0, 0.1) is 0 Å². The highest BCUT2D eigenvalue weighted by molar-refractivity contribution is 8.00. The van der Waals surface area contributed by atoms with Crippen molar-refractivity contribution in [3.8, 4) is 0 Å². The SMILES string of the molecule is COCn1ccnc1P(=O)(Cl)c1ccccc1. The molecule has 0 aliphatic rings. The Labute approximate surface area is 104 Å². The van der Waals surface area contributed by atoms with Crippen LogP contribution >= 0.6 is 17.7 Å². The third-order valence-electron chi connectivity index (χ3n) is 2.31. The average Bonchev–Trinajstić information content (AvgIpc) is 2.80. The van der Waals surface area contributed by atoms with E-state index in [1.54, 1.807) is 48.3 Å². The minimum Gasteiger partial charge on any atom is -0.364 e. The first-order chi connectivity index (χ1) is 8.16. The molecule has 0 saturated carbocycles. The molecule has 2 rings (SSSR count). The van der Waals surface area contributed by atoms with E-state index in [0.29, 0.717) is 10.9 Å². The molecule has 0 bridgehead atoms. The average molecular weight is 271 g/mol. The summed E-state index contributed by atoms with van der Waals surface area (Å²) in [5.41, 5.74) is 0.340. The van der Waals surface area contributed by atoms with Crippen molar-refractivity contribution in [3.63, 3.8) is 0 Å². The minimum atomic E-state index is -3.17. The molecule has 17 heavy (non-hydrogen) atoms. The van der Waals surface area contributed by atoms with Gasteiger partial charge in [-0.3, -0.25) is 4.57 Å². The number of methoxy groups -OCH3 is 1. The van der Waals surface area contributed by atoms with Crippen LogP contribution in [0.1, 0.15) is 0 Å². The van der Waals surface area contributed by atoms with Gasteiger partial charge in [-0.2, -0.15) is 0 Å². The number of ether oxygens (including phenoxy) is 1. The van der Waals surface area contributed by atoms with E-state index in [-0.39, 0.29) is 6.73 Å². The Morgan fingerprint density at radius 1 is 1.41 bits per heavy atom. The number of imidazole rings is 1. The molecule has 1 aromatic carbocycles. The Morgan fingerprint density at radius 2 is 2.12 bits per heavy atom. The van der Waals surface area contributed by atoms with Gasteiger partial charge in [-0.25, -0.2) is 4.98 Å². The molecule has 0 amide bonds. The molecule has 1 unspecified atom stereocenters. The van der Waals surface area contributed by atoms with Gasteiger partial charge in [-0.15, -0.1) is 0 Å². The first kappa shape index (κ1) is 12.4. The smallest absolute Gasteiger partial charge is 0.259 e. The predicted molar refractivity (Wildman–Crippen MR) is 68.4 cm³/mol. The van der Waals surface area contributed by atoms with Crippen molar-refractivity contribution in [2.45, 2.75) is 6.73 Å². The molecule has 1 atom stereocenters. The molecule has 0 radical (unpaired) electrons. The Kier molecular flexibility index (Phi) is 3.67. The Morgan fingerprint density at radius 3 is 2.76 bits per heavy atom. The van der Waals surface area contributed by atoms with Gasteiger partial charge in [-0.1, -0.05) is 18.2 Å². The summed E-state index contributed by atoms with van der Waals surface area (Å²) in [7, 11) is 1.56. The standard InChI is InChI=1S/C11H12ClN2O2P/c1-16-9-14-8-7-13-11(14)17(12,15)10-5-3-2-4-6-10/h2-8H,9H2,1H3. The maximum absolute atomic E-state index is 12.6. The maximum atomic E-state index is 12.6. The van der Waals surface area contributed by atoms with E-state index in [4.69, 9.17) is 16.0 Å². The van der Waals surface area contributed by atoms with Crippen LogP contribution in [0.4, 0.5) is 0 Å². The van der Waals surface area contributed by atoms with Crippen LogP contribution in [-0.2, 0) is 16.0 Å². The number of aromatic nitrogens is 2. The second-order valence-corrected chi connectivity index (χ2v) is 6.89. The molecule has 2 aromatic rings. The van der Waals surface area contributed by atoms with Gasteiger partial charge in [-0.05, 0) is 23.4 Å². The number of nitrogens with zero attached hydrogens (tertiary/aromatic N) is 2. The Balaban J connectivity index is 2.45. The third-order valence-corrected chi connectivity index (χ3v) is 5.20. The molecule has 1 heterocycles. The summed E-state index contributed by atoms with van der Waals surface area (Å²) in [6.45, 7) is -2.90. The lowest BCUT2D eigenvalue weighted by atomic mass is 10.4. The monoisotopic (exact) mass is 270 g/mol. The van der Waals surface area contributed by atoms with Crippen LogP contribution in [0.5, 0.6) is 0 Å². The van der Waals surface area contributed by atoms with Crippen LogP contribution in [0.25, 0.3) is 0 Å². The third kappa shape index (κ3) is 2.44. The van der Waals surface area contributed by atoms with Gasteiger partial charge < -0.3 is 9.30 Å². The molecule has 1 aromatic heterocycles. The molecule has 0 saturated heterocycles. The minimum absolute atomic E-state index is 0.277. The predicted octanol–water partition coefficient (Wildman–Crippen LogP) is 1.95. The molecule has 4 nitrogen and oxygen atoms in total. The summed E-state index contributed by atoms with van der Waals surface area (Å²) in [6, 6.07) is 8.92. The summed E-state index contributed by atoms with van der Waals surface area (Å²) in [6.07, 6.45) is 3.25. The van der Waals surface area contributed by atoms with Crippen molar-refractivity contribution in [1.82, 2.24) is 9.55 Å². The first-order valence-electron chi connectivity index (χ1n) is 5.02. The van der Waals surface area contributed by atoms with Gasteiger partial charge in [0.15, 0.2) is 5.57 Å². The van der Waals surface area contributed by atoms with E-state index in [9.17, 15) is 4.57 Å². The second-order valence-electron chi connectivity index (χ2n) is 3.48. The van der Waals surface area contributed by atoms with Crippen molar-refractivity contribution in [1.29, 1.82) is 0 Å². The molecule has 0 N–H and O–H groups in total. The zero-order valence-corrected chi connectivity index (χ0v) is 10.9. The van der Waals surface area contributed by atoms with Crippen molar-refractivity contribution >= 4 is 28.6 Å². The lowest BCUT2D eigenvalue weighted by Gasteiger charge is -2.12. The fourth-order valence-corrected chi connectivity index (χ4v) is 3.75. The zero-order valence-electron chi connectivity index (χ0n) is 9.28. The molecule has 0 aliphatic heterocycles. The summed E-state index contributed by atoms with van der Waals surface area (Å²) in [5.74, 6) is 0. The van der Waals surface area contributed by atoms with Gasteiger partial charge in [0.05, 0.1) is 0 Å². The van der Waals surface area contributed by atoms with E-state index in [1.165, 1.54) is 0 Å². The fraction of sp³-hybridized carbons (Fsp3) is 0.182. The van der Waals surface area contributed by atoms with E-state index < -0.39 is 6.49 Å². The van der Waals surface area contributed by atoms with Crippen LogP contribution < -0.4 is 10.9 Å². The van der Waals surface area contributed by atoms with Gasteiger partial charge in [0.25, 0.3) is 6.49 Å². The topological polar surface area (TPSA) is 44.1 Å². The second kappa shape index (κ2) is 5.05. The number of hydrogen-bond acceptors (Lipinski definition) is 3. The number of hydrogen-bond donors (Lipinski definition) is 0. The molecule has 6 heteroatoms. The summed E-state index contributed by atoms with van der Waals surface area (Å²) >= 11 is 6.19. The van der Waals surface area contributed by atoms with Crippen LogP contribution in [0.3, 0.4) is 0 Å². The molecular weight excluding hydrogens is 259 g/mol. The van der Waals surface area contributed by atoms with Crippen LogP contribution in [-0.4, -0.2) is 16.7 Å². The van der Waals surface area contributed by atoms with E-state index in [0.717, 1.165) is 0 Å². The largest absolute Gasteiger partial charge is 0.364 e. The number of halogens is 1. The Hall–Kier alpha value is -1.09. The summed E-state index contributed by atoms with van der Waals surface area (Å²) in [4.78, 5) is 4.07. The lowest BCUT2D eigenvalue weighted by Crippen LogP contribution is -2.23. The molecular formula is C11H12ClN2O2P. The number of rotatable bonds is 4. The van der Waals surface area contributed by atoms with Crippen molar-refractivity contribution in [3.05, 3.63) is 42.7 Å². The lowest BCUT2D eigenvalue weighted by molar-refractivity contribution is 0.133. The summed E-state index contributed by atoms with van der Waals surface area (Å²) < 4.78 is 19.2. The molecule has 0 spiro atoms. The quantitative estimate of drug-likeness (QED) is 0.798. The molecule has 0 fully saturated rings. The van der Waals surface area contributed by atoms with Crippen molar-refractivity contribution < 1.29 is 9.30 Å². The van der Waals surface area contributed by atoms with Gasteiger partial charge in [0.1, 0.15) is 6.73 Å². The molecule has 0 aliphatic carbocycles. The highest BCUT2D eigenvalue weighted by atomic mass is 35.7. The fourth-order valence-electron chi connectivity index (χ4n) is 1.54. The van der Waals surface area contributed by atoms with Crippen LogP contribution in [0.15, 0.2) is 42.7 Å². The highest BCUT2D eigenvalue weighted by Gasteiger charge is 2.29. The van der Waals surface area contributed by atoms with Gasteiger partial charge in [0, 0.05) is 24.8 Å². The van der Waals surface area contributed by atoms with Crippen molar-refractivity contribution in [2.75, 3.05) is 7.11 Å². The zero-order chi connectivity index (χ0) is 12.3. The summed E-state index contributed by atoms with van der Waals surface area (Å²) in [5, 5.41) is 0.574. The van der Waals surface area contributed by atoms with Crippen LogP contribution in [0.2, 0.25) is 0 Å². The molecule has 90 valence electrons. The van der Waals surface area contributed by atoms with E-state index >= 15 is 0 Å². The van der Waals surface area contributed by atoms with Gasteiger partial charge >= 0.3 is 0 Å².